The van der Waals surface area contributed by atoms with Crippen molar-refractivity contribution in [2.75, 3.05) is 7.11 Å². The van der Waals surface area contributed by atoms with Gasteiger partial charge in [0.05, 0.1) is 25.2 Å². The Morgan fingerprint density at radius 3 is 2.75 bits per heavy atom. The van der Waals surface area contributed by atoms with Gasteiger partial charge >= 0.3 is 5.97 Å². The molecule has 2 saturated carbocycles. The molecule has 1 saturated heterocycles. The molecule has 4 rings (SSSR count). The summed E-state index contributed by atoms with van der Waals surface area (Å²) in [6.07, 6.45) is 7.30. The van der Waals surface area contributed by atoms with Gasteiger partial charge in [-0.05, 0) is 36.5 Å². The predicted molar refractivity (Wildman–Crippen MR) is 56.5 cm³/mol. The molecule has 4 aliphatic rings. The zero-order valence-electron chi connectivity index (χ0n) is 9.34. The molecule has 0 spiro atoms. The van der Waals surface area contributed by atoms with Gasteiger partial charge in [-0.15, -0.1) is 0 Å². The molecule has 86 valence electrons. The van der Waals surface area contributed by atoms with Crippen LogP contribution in [0.2, 0.25) is 0 Å². The van der Waals surface area contributed by atoms with Gasteiger partial charge in [-0.25, -0.2) is 0 Å². The fraction of sp³-hybridized carbons (Fsp3) is 0.769. The maximum absolute atomic E-state index is 11.7. The average molecular weight is 220 g/mol. The van der Waals surface area contributed by atoms with E-state index >= 15 is 0 Å². The third-order valence-corrected chi connectivity index (χ3v) is 5.20. The minimum absolute atomic E-state index is 0.00213. The average Bonchev–Trinajstić information content (AvgIpc) is 3.03. The third kappa shape index (κ3) is 0.915. The summed E-state index contributed by atoms with van der Waals surface area (Å²) in [5.74, 6) is 2.64. The number of carbonyl (C=O) groups excluding carboxylic acids is 1. The van der Waals surface area contributed by atoms with Crippen molar-refractivity contribution in [2.24, 2.45) is 29.6 Å². The van der Waals surface area contributed by atoms with Crippen molar-refractivity contribution in [1.82, 2.24) is 0 Å². The molecule has 4 bridgehead atoms. The van der Waals surface area contributed by atoms with Crippen LogP contribution in [0.3, 0.4) is 0 Å². The quantitative estimate of drug-likeness (QED) is 0.495. The Bertz CT molecular complexity index is 375. The largest absolute Gasteiger partial charge is 0.469 e. The fourth-order valence-electron chi connectivity index (χ4n) is 4.75. The van der Waals surface area contributed by atoms with Crippen molar-refractivity contribution >= 4 is 5.97 Å². The van der Waals surface area contributed by atoms with E-state index in [1.807, 2.05) is 0 Å². The standard InChI is InChI=1S/C13H16O3/c1-15-13(14)8-5-6-4-7(8)12-10-3-2-9(16-10)11(6)12/h2-3,6-12H,4-5H2,1H3. The van der Waals surface area contributed by atoms with E-state index in [0.717, 1.165) is 6.42 Å². The van der Waals surface area contributed by atoms with Gasteiger partial charge in [0.2, 0.25) is 0 Å². The van der Waals surface area contributed by atoms with Gasteiger partial charge in [0.15, 0.2) is 0 Å². The molecule has 0 aromatic rings. The highest BCUT2D eigenvalue weighted by molar-refractivity contribution is 5.73. The Morgan fingerprint density at radius 2 is 2.00 bits per heavy atom. The first-order valence-corrected chi connectivity index (χ1v) is 6.21. The van der Waals surface area contributed by atoms with Gasteiger partial charge in [0.25, 0.3) is 0 Å². The van der Waals surface area contributed by atoms with Crippen molar-refractivity contribution in [3.05, 3.63) is 12.2 Å². The fourth-order valence-corrected chi connectivity index (χ4v) is 4.75. The number of rotatable bonds is 1. The molecule has 16 heavy (non-hydrogen) atoms. The first-order chi connectivity index (χ1) is 7.79. The van der Waals surface area contributed by atoms with Crippen LogP contribution in [0.25, 0.3) is 0 Å². The van der Waals surface area contributed by atoms with Crippen LogP contribution in [-0.2, 0) is 14.3 Å². The van der Waals surface area contributed by atoms with Crippen LogP contribution in [0.15, 0.2) is 12.2 Å². The second-order valence-corrected chi connectivity index (χ2v) is 5.63. The topological polar surface area (TPSA) is 35.5 Å². The second-order valence-electron chi connectivity index (χ2n) is 5.63. The zero-order valence-corrected chi connectivity index (χ0v) is 9.34. The van der Waals surface area contributed by atoms with Gasteiger partial charge < -0.3 is 9.47 Å². The minimum Gasteiger partial charge on any atom is -0.469 e. The van der Waals surface area contributed by atoms with Crippen molar-refractivity contribution in [2.45, 2.75) is 25.0 Å². The highest BCUT2D eigenvalue weighted by Gasteiger charge is 2.63. The van der Waals surface area contributed by atoms with E-state index in [1.165, 1.54) is 13.5 Å². The Morgan fingerprint density at radius 1 is 1.25 bits per heavy atom. The van der Waals surface area contributed by atoms with Crippen molar-refractivity contribution in [1.29, 1.82) is 0 Å². The van der Waals surface area contributed by atoms with Gasteiger partial charge in [-0.1, -0.05) is 12.2 Å². The van der Waals surface area contributed by atoms with Crippen molar-refractivity contribution in [3.63, 3.8) is 0 Å². The smallest absolute Gasteiger partial charge is 0.308 e. The van der Waals surface area contributed by atoms with Gasteiger partial charge in [-0.3, -0.25) is 4.79 Å². The van der Waals surface area contributed by atoms with E-state index in [4.69, 9.17) is 9.47 Å². The second kappa shape index (κ2) is 2.89. The molecule has 7 unspecified atom stereocenters. The first kappa shape index (κ1) is 9.23. The third-order valence-electron chi connectivity index (χ3n) is 5.20. The van der Waals surface area contributed by atoms with Gasteiger partial charge in [0.1, 0.15) is 0 Å². The molecule has 0 aromatic heterocycles. The summed E-state index contributed by atoms with van der Waals surface area (Å²) in [5, 5.41) is 0. The van der Waals surface area contributed by atoms with Crippen LogP contribution in [0.4, 0.5) is 0 Å². The van der Waals surface area contributed by atoms with E-state index in [2.05, 4.69) is 12.2 Å². The number of esters is 1. The van der Waals surface area contributed by atoms with E-state index in [1.54, 1.807) is 0 Å². The molecule has 2 aliphatic carbocycles. The summed E-state index contributed by atoms with van der Waals surface area (Å²) < 4.78 is 10.8. The van der Waals surface area contributed by atoms with E-state index in [-0.39, 0.29) is 18.0 Å². The Labute approximate surface area is 94.8 Å². The maximum Gasteiger partial charge on any atom is 0.308 e. The molecule has 3 fully saturated rings. The molecule has 0 N–H and O–H groups in total. The summed E-state index contributed by atoms with van der Waals surface area (Å²) in [6, 6.07) is 0. The molecule has 3 heteroatoms. The monoisotopic (exact) mass is 220 g/mol. The number of ether oxygens (including phenoxy) is 2. The highest BCUT2D eigenvalue weighted by atomic mass is 16.5. The van der Waals surface area contributed by atoms with Crippen molar-refractivity contribution < 1.29 is 14.3 Å². The van der Waals surface area contributed by atoms with E-state index < -0.39 is 0 Å². The minimum atomic E-state index is -0.00213. The normalized spacial score (nSPS) is 55.7. The van der Waals surface area contributed by atoms with Crippen LogP contribution in [0.5, 0.6) is 0 Å². The molecule has 3 nitrogen and oxygen atoms in total. The van der Waals surface area contributed by atoms with Crippen LogP contribution in [0.1, 0.15) is 12.8 Å². The lowest BCUT2D eigenvalue weighted by molar-refractivity contribution is -0.148. The number of methoxy groups -OCH3 is 1. The summed E-state index contributed by atoms with van der Waals surface area (Å²) >= 11 is 0. The molecule has 0 radical (unpaired) electrons. The SMILES string of the molecule is COC(=O)C1CC2CC1C1C3C=CC(O3)C21. The number of hydrogen-bond donors (Lipinski definition) is 0. The molecule has 2 aliphatic heterocycles. The summed E-state index contributed by atoms with van der Waals surface area (Å²) in [7, 11) is 1.50. The predicted octanol–water partition coefficient (Wildman–Crippen LogP) is 1.38. The van der Waals surface area contributed by atoms with E-state index in [0.29, 0.717) is 29.8 Å². The molecule has 2 heterocycles. The van der Waals surface area contributed by atoms with Crippen LogP contribution in [-0.4, -0.2) is 25.3 Å². The lowest BCUT2D eigenvalue weighted by Crippen LogP contribution is -2.37. The summed E-state index contributed by atoms with van der Waals surface area (Å²) in [6.45, 7) is 0. The van der Waals surface area contributed by atoms with E-state index in [9.17, 15) is 4.79 Å². The summed E-state index contributed by atoms with van der Waals surface area (Å²) in [5.41, 5.74) is 0. The highest BCUT2D eigenvalue weighted by Crippen LogP contribution is 2.63. The van der Waals surface area contributed by atoms with Crippen LogP contribution >= 0.6 is 0 Å². The lowest BCUT2D eigenvalue weighted by atomic mass is 9.69. The molecular formula is C13H16O3. The Balaban J connectivity index is 1.66. The Hall–Kier alpha value is -0.830. The number of fused-ring (bicyclic) bond motifs is 9. The van der Waals surface area contributed by atoms with Crippen LogP contribution < -0.4 is 0 Å². The Kier molecular flexibility index (Phi) is 1.67. The zero-order chi connectivity index (χ0) is 10.9. The van der Waals surface area contributed by atoms with Gasteiger partial charge in [0, 0.05) is 0 Å². The molecule has 0 aromatic carbocycles. The maximum atomic E-state index is 11.7. The summed E-state index contributed by atoms with van der Waals surface area (Å²) in [4.78, 5) is 11.7. The number of carbonyl (C=O) groups is 1. The molecule has 7 atom stereocenters. The van der Waals surface area contributed by atoms with Crippen LogP contribution in [0, 0.1) is 29.6 Å². The molecule has 0 amide bonds. The van der Waals surface area contributed by atoms with Crippen molar-refractivity contribution in [3.8, 4) is 0 Å². The first-order valence-electron chi connectivity index (χ1n) is 6.21. The number of hydrogen-bond acceptors (Lipinski definition) is 3. The lowest BCUT2D eigenvalue weighted by Gasteiger charge is -2.33. The molecular weight excluding hydrogens is 204 g/mol. The van der Waals surface area contributed by atoms with Gasteiger partial charge in [-0.2, -0.15) is 0 Å².